The van der Waals surface area contributed by atoms with Crippen LogP contribution in [0.3, 0.4) is 0 Å². The molecule has 1 aliphatic heterocycles. The number of nitrogens with zero attached hydrogens (tertiary/aromatic N) is 7. The Morgan fingerprint density at radius 1 is 1.04 bits per heavy atom. The van der Waals surface area contributed by atoms with Crippen molar-refractivity contribution >= 4 is 5.82 Å². The summed E-state index contributed by atoms with van der Waals surface area (Å²) in [5, 5.41) is 0. The van der Waals surface area contributed by atoms with Gasteiger partial charge in [-0.25, -0.2) is 19.9 Å². The summed E-state index contributed by atoms with van der Waals surface area (Å²) in [5.41, 5.74) is 0.967. The van der Waals surface area contributed by atoms with Crippen LogP contribution in [0.5, 0.6) is 0 Å². The summed E-state index contributed by atoms with van der Waals surface area (Å²) in [6.07, 6.45) is 11.3. The monoisotopic (exact) mass is 321 g/mol. The van der Waals surface area contributed by atoms with E-state index in [9.17, 15) is 0 Å². The minimum absolute atomic E-state index is 0.190. The summed E-state index contributed by atoms with van der Waals surface area (Å²) in [7, 11) is 0. The third-order valence-corrected chi connectivity index (χ3v) is 4.36. The van der Waals surface area contributed by atoms with E-state index >= 15 is 0 Å². The second kappa shape index (κ2) is 5.99. The van der Waals surface area contributed by atoms with Crippen molar-refractivity contribution in [2.45, 2.75) is 32.7 Å². The maximum Gasteiger partial charge on any atom is 0.156 e. The molecule has 1 fully saturated rings. The van der Waals surface area contributed by atoms with Crippen LogP contribution in [0.2, 0.25) is 0 Å². The molecule has 1 saturated heterocycles. The Balaban J connectivity index is 1.69. The van der Waals surface area contributed by atoms with Gasteiger partial charge in [-0.1, -0.05) is 0 Å². The number of hydrogen-bond acceptors (Lipinski definition) is 6. The van der Waals surface area contributed by atoms with Crippen molar-refractivity contribution in [2.75, 3.05) is 11.4 Å². The lowest BCUT2D eigenvalue weighted by atomic mass is 10.1. The molecular formula is C17H19N7. The highest BCUT2D eigenvalue weighted by atomic mass is 15.3. The highest BCUT2D eigenvalue weighted by Gasteiger charge is 2.29. The quantitative estimate of drug-likeness (QED) is 0.737. The lowest BCUT2D eigenvalue weighted by Gasteiger charge is -2.25. The van der Waals surface area contributed by atoms with Crippen LogP contribution in [0.4, 0.5) is 5.82 Å². The molecule has 4 heterocycles. The molecule has 122 valence electrons. The van der Waals surface area contributed by atoms with Gasteiger partial charge in [-0.2, -0.15) is 0 Å². The van der Waals surface area contributed by atoms with Gasteiger partial charge in [0, 0.05) is 25.1 Å². The fourth-order valence-electron chi connectivity index (χ4n) is 3.22. The number of hydrogen-bond donors (Lipinski definition) is 0. The maximum atomic E-state index is 4.83. The van der Waals surface area contributed by atoms with Crippen LogP contribution in [0.25, 0.3) is 5.82 Å². The molecule has 0 amide bonds. The SMILES string of the molecule is Cc1nccc(N2CCC[C@H]2c2cncc(-n3ccnc3C)n2)n1. The van der Waals surface area contributed by atoms with Crippen molar-refractivity contribution in [2.24, 2.45) is 0 Å². The van der Waals surface area contributed by atoms with E-state index in [1.54, 1.807) is 12.4 Å². The second-order valence-electron chi connectivity index (χ2n) is 5.96. The first-order valence-corrected chi connectivity index (χ1v) is 8.11. The fourth-order valence-corrected chi connectivity index (χ4v) is 3.22. The summed E-state index contributed by atoms with van der Waals surface area (Å²) in [5.74, 6) is 3.44. The van der Waals surface area contributed by atoms with Gasteiger partial charge >= 0.3 is 0 Å². The molecule has 0 radical (unpaired) electrons. The van der Waals surface area contributed by atoms with E-state index < -0.39 is 0 Å². The van der Waals surface area contributed by atoms with Gasteiger partial charge in [0.1, 0.15) is 17.5 Å². The highest BCUT2D eigenvalue weighted by molar-refractivity contribution is 5.42. The Hall–Kier alpha value is -2.83. The average molecular weight is 321 g/mol. The van der Waals surface area contributed by atoms with Crippen molar-refractivity contribution in [3.63, 3.8) is 0 Å². The van der Waals surface area contributed by atoms with E-state index in [1.807, 2.05) is 43.1 Å². The van der Waals surface area contributed by atoms with E-state index in [2.05, 4.69) is 24.8 Å². The lowest BCUT2D eigenvalue weighted by Crippen LogP contribution is -2.25. The topological polar surface area (TPSA) is 72.6 Å². The van der Waals surface area contributed by atoms with Gasteiger partial charge < -0.3 is 4.90 Å². The number of imidazole rings is 1. The third kappa shape index (κ3) is 2.62. The average Bonchev–Trinajstić information content (AvgIpc) is 3.24. The molecule has 1 atom stereocenters. The molecule has 0 spiro atoms. The zero-order chi connectivity index (χ0) is 16.5. The van der Waals surface area contributed by atoms with Gasteiger partial charge in [0.2, 0.25) is 0 Å². The van der Waals surface area contributed by atoms with Crippen molar-refractivity contribution in [3.05, 3.63) is 54.4 Å². The number of aromatic nitrogens is 6. The van der Waals surface area contributed by atoms with Crippen molar-refractivity contribution in [3.8, 4) is 5.82 Å². The standard InChI is InChI=1S/C17H19N7/c1-12-19-6-5-16(21-12)24-8-3-4-15(24)14-10-18-11-17(22-14)23-9-7-20-13(23)2/h5-7,9-11,15H,3-4,8H2,1-2H3/t15-/m0/s1. The summed E-state index contributed by atoms with van der Waals surface area (Å²) in [6, 6.07) is 2.15. The minimum Gasteiger partial charge on any atom is -0.348 e. The molecular weight excluding hydrogens is 302 g/mol. The smallest absolute Gasteiger partial charge is 0.156 e. The molecule has 0 aliphatic carbocycles. The molecule has 0 N–H and O–H groups in total. The van der Waals surface area contributed by atoms with E-state index in [0.717, 1.165) is 48.4 Å². The first kappa shape index (κ1) is 14.7. The van der Waals surface area contributed by atoms with E-state index in [4.69, 9.17) is 4.98 Å². The molecule has 24 heavy (non-hydrogen) atoms. The van der Waals surface area contributed by atoms with Crippen molar-refractivity contribution < 1.29 is 0 Å². The predicted molar refractivity (Wildman–Crippen MR) is 90.0 cm³/mol. The Morgan fingerprint density at radius 3 is 2.75 bits per heavy atom. The summed E-state index contributed by atoms with van der Waals surface area (Å²) < 4.78 is 1.95. The summed E-state index contributed by atoms with van der Waals surface area (Å²) in [4.78, 5) is 24.5. The molecule has 3 aromatic heterocycles. The van der Waals surface area contributed by atoms with Gasteiger partial charge in [0.15, 0.2) is 5.82 Å². The van der Waals surface area contributed by atoms with Crippen LogP contribution in [-0.2, 0) is 0 Å². The van der Waals surface area contributed by atoms with Crippen LogP contribution in [0, 0.1) is 13.8 Å². The van der Waals surface area contributed by atoms with Gasteiger partial charge in [0.05, 0.1) is 24.1 Å². The van der Waals surface area contributed by atoms with Crippen LogP contribution >= 0.6 is 0 Å². The van der Waals surface area contributed by atoms with Gasteiger partial charge in [-0.15, -0.1) is 0 Å². The Morgan fingerprint density at radius 2 is 1.96 bits per heavy atom. The highest BCUT2D eigenvalue weighted by Crippen LogP contribution is 2.34. The van der Waals surface area contributed by atoms with E-state index in [-0.39, 0.29) is 6.04 Å². The molecule has 3 aromatic rings. The number of anilines is 1. The van der Waals surface area contributed by atoms with E-state index in [1.165, 1.54) is 0 Å². The molecule has 0 unspecified atom stereocenters. The first-order valence-electron chi connectivity index (χ1n) is 8.11. The van der Waals surface area contributed by atoms with Gasteiger partial charge in [-0.3, -0.25) is 9.55 Å². The fraction of sp³-hybridized carbons (Fsp3) is 0.353. The van der Waals surface area contributed by atoms with Gasteiger partial charge in [-0.05, 0) is 32.8 Å². The van der Waals surface area contributed by atoms with Gasteiger partial charge in [0.25, 0.3) is 0 Å². The third-order valence-electron chi connectivity index (χ3n) is 4.36. The summed E-state index contributed by atoms with van der Waals surface area (Å²) >= 11 is 0. The molecule has 4 rings (SSSR count). The normalized spacial score (nSPS) is 17.4. The number of aryl methyl sites for hydroxylation is 2. The van der Waals surface area contributed by atoms with Crippen LogP contribution in [-0.4, -0.2) is 36.0 Å². The largest absolute Gasteiger partial charge is 0.348 e. The molecule has 0 bridgehead atoms. The van der Waals surface area contributed by atoms with Crippen LogP contribution in [0.15, 0.2) is 37.1 Å². The Kier molecular flexibility index (Phi) is 3.68. The minimum atomic E-state index is 0.190. The second-order valence-corrected chi connectivity index (χ2v) is 5.96. The summed E-state index contributed by atoms with van der Waals surface area (Å²) in [6.45, 7) is 4.84. The first-order chi connectivity index (χ1) is 11.7. The number of rotatable bonds is 3. The van der Waals surface area contributed by atoms with Crippen molar-refractivity contribution in [1.82, 2.24) is 29.5 Å². The molecule has 0 aromatic carbocycles. The molecule has 7 heteroatoms. The van der Waals surface area contributed by atoms with Crippen LogP contribution in [0.1, 0.15) is 36.2 Å². The predicted octanol–water partition coefficient (Wildman–Crippen LogP) is 2.41. The zero-order valence-electron chi connectivity index (χ0n) is 13.8. The molecule has 0 saturated carbocycles. The maximum absolute atomic E-state index is 4.83. The zero-order valence-corrected chi connectivity index (χ0v) is 13.8. The van der Waals surface area contributed by atoms with Crippen LogP contribution < -0.4 is 4.90 Å². The molecule has 7 nitrogen and oxygen atoms in total. The van der Waals surface area contributed by atoms with E-state index in [0.29, 0.717) is 0 Å². The lowest BCUT2D eigenvalue weighted by molar-refractivity contribution is 0.676. The van der Waals surface area contributed by atoms with Crippen molar-refractivity contribution in [1.29, 1.82) is 0 Å². The Labute approximate surface area is 140 Å². The molecule has 1 aliphatic rings. The Bertz CT molecular complexity index is 857.